The van der Waals surface area contributed by atoms with Crippen molar-refractivity contribution in [2.24, 2.45) is 5.73 Å². The number of nitrogens with two attached hydrogens (primary N) is 1. The number of hydrogen-bond acceptors (Lipinski definition) is 1. The van der Waals surface area contributed by atoms with E-state index in [0.717, 1.165) is 23.0 Å². The maximum atomic E-state index is 5.71. The topological polar surface area (TPSA) is 26.0 Å². The molecule has 1 aromatic carbocycles. The largest absolute Gasteiger partial charge is 0.402 e. The predicted octanol–water partition coefficient (Wildman–Crippen LogP) is 4.03. The first-order valence-corrected chi connectivity index (χ1v) is 6.12. The molecule has 0 unspecified atom stereocenters. The Labute approximate surface area is 104 Å². The molecule has 1 aliphatic carbocycles. The Morgan fingerprint density at radius 2 is 2.00 bits per heavy atom. The number of halogens is 1. The van der Waals surface area contributed by atoms with Crippen LogP contribution in [-0.2, 0) is 0 Å². The highest BCUT2D eigenvalue weighted by Crippen LogP contribution is 2.18. The maximum absolute atomic E-state index is 5.71. The quantitative estimate of drug-likeness (QED) is 0.867. The van der Waals surface area contributed by atoms with Gasteiger partial charge in [0.15, 0.2) is 0 Å². The van der Waals surface area contributed by atoms with Gasteiger partial charge in [-0.2, -0.15) is 0 Å². The first-order valence-electron chi connectivity index (χ1n) is 5.33. The van der Waals surface area contributed by atoms with Crippen molar-refractivity contribution < 1.29 is 0 Å². The molecule has 0 saturated carbocycles. The van der Waals surface area contributed by atoms with Gasteiger partial charge in [-0.25, -0.2) is 0 Å². The SMILES string of the molecule is NC1=CC=C(/C=C/c2cccc(Br)c2)CC1. The van der Waals surface area contributed by atoms with Gasteiger partial charge in [-0.1, -0.05) is 46.3 Å². The molecular weight excluding hydrogens is 262 g/mol. The van der Waals surface area contributed by atoms with Crippen molar-refractivity contribution in [3.05, 3.63) is 63.8 Å². The minimum atomic E-state index is 0.967. The minimum absolute atomic E-state index is 0.967. The molecule has 82 valence electrons. The van der Waals surface area contributed by atoms with Crippen LogP contribution in [-0.4, -0.2) is 0 Å². The van der Waals surface area contributed by atoms with Gasteiger partial charge < -0.3 is 5.73 Å². The lowest BCUT2D eigenvalue weighted by Gasteiger charge is -2.07. The Bertz CT molecular complexity index is 469. The van der Waals surface area contributed by atoms with Gasteiger partial charge in [-0.15, -0.1) is 0 Å². The van der Waals surface area contributed by atoms with Gasteiger partial charge in [0.05, 0.1) is 0 Å². The summed E-state index contributed by atoms with van der Waals surface area (Å²) in [6.07, 6.45) is 10.4. The van der Waals surface area contributed by atoms with Crippen LogP contribution in [0, 0.1) is 0 Å². The van der Waals surface area contributed by atoms with Crippen LogP contribution in [0.25, 0.3) is 6.08 Å². The molecule has 1 aliphatic rings. The molecule has 0 amide bonds. The molecule has 2 heteroatoms. The Morgan fingerprint density at radius 3 is 2.69 bits per heavy atom. The second-order valence-electron chi connectivity index (χ2n) is 3.87. The highest BCUT2D eigenvalue weighted by Gasteiger charge is 2.00. The lowest BCUT2D eigenvalue weighted by atomic mass is 10.0. The molecule has 1 nitrogen and oxygen atoms in total. The van der Waals surface area contributed by atoms with Crippen molar-refractivity contribution in [1.29, 1.82) is 0 Å². The van der Waals surface area contributed by atoms with Crippen LogP contribution in [0.5, 0.6) is 0 Å². The van der Waals surface area contributed by atoms with Crippen LogP contribution in [0.15, 0.2) is 58.2 Å². The van der Waals surface area contributed by atoms with Crippen LogP contribution in [0.3, 0.4) is 0 Å². The molecule has 0 fully saturated rings. The molecule has 2 N–H and O–H groups in total. The van der Waals surface area contributed by atoms with Gasteiger partial charge in [-0.3, -0.25) is 0 Å². The first kappa shape index (κ1) is 11.2. The van der Waals surface area contributed by atoms with Crippen LogP contribution < -0.4 is 5.73 Å². The average Bonchev–Trinajstić information content (AvgIpc) is 2.28. The third-order valence-electron chi connectivity index (χ3n) is 2.55. The molecule has 0 radical (unpaired) electrons. The summed E-state index contributed by atoms with van der Waals surface area (Å²) in [5.74, 6) is 0. The molecule has 0 bridgehead atoms. The Balaban J connectivity index is 2.10. The number of rotatable bonds is 2. The fraction of sp³-hybridized carbons (Fsp3) is 0.143. The highest BCUT2D eigenvalue weighted by atomic mass is 79.9. The molecule has 2 rings (SSSR count). The Morgan fingerprint density at radius 1 is 1.12 bits per heavy atom. The summed E-state index contributed by atoms with van der Waals surface area (Å²) in [6, 6.07) is 8.26. The molecule has 16 heavy (non-hydrogen) atoms. The van der Waals surface area contributed by atoms with E-state index >= 15 is 0 Å². The average molecular weight is 276 g/mol. The molecule has 1 aromatic rings. The van der Waals surface area contributed by atoms with Gasteiger partial charge in [-0.05, 0) is 42.2 Å². The van der Waals surface area contributed by atoms with Crippen LogP contribution in [0.2, 0.25) is 0 Å². The third-order valence-corrected chi connectivity index (χ3v) is 3.05. The second kappa shape index (κ2) is 5.17. The Kier molecular flexibility index (Phi) is 3.62. The van der Waals surface area contributed by atoms with Crippen molar-refractivity contribution in [1.82, 2.24) is 0 Å². The number of benzene rings is 1. The molecule has 0 atom stereocenters. The van der Waals surface area contributed by atoms with Gasteiger partial charge in [0.25, 0.3) is 0 Å². The van der Waals surface area contributed by atoms with Crippen LogP contribution in [0.1, 0.15) is 18.4 Å². The smallest absolute Gasteiger partial charge is 0.0181 e. The van der Waals surface area contributed by atoms with E-state index in [1.54, 1.807) is 0 Å². The van der Waals surface area contributed by atoms with Crippen molar-refractivity contribution in [2.45, 2.75) is 12.8 Å². The fourth-order valence-electron chi connectivity index (χ4n) is 1.62. The summed E-state index contributed by atoms with van der Waals surface area (Å²) in [4.78, 5) is 0. The fourth-order valence-corrected chi connectivity index (χ4v) is 2.04. The molecule has 0 heterocycles. The standard InChI is InChI=1S/C14H14BrN/c15-13-3-1-2-12(10-13)5-4-11-6-8-14(16)9-7-11/h1-6,8,10H,7,9,16H2/b5-4+. The van der Waals surface area contributed by atoms with E-state index in [9.17, 15) is 0 Å². The van der Waals surface area contributed by atoms with Gasteiger partial charge in [0, 0.05) is 10.2 Å². The highest BCUT2D eigenvalue weighted by molar-refractivity contribution is 9.10. The molecule has 0 aromatic heterocycles. The predicted molar refractivity (Wildman–Crippen MR) is 72.8 cm³/mol. The lowest BCUT2D eigenvalue weighted by molar-refractivity contribution is 0.913. The first-order chi connectivity index (χ1) is 7.74. The molecule has 0 spiro atoms. The normalized spacial score (nSPS) is 16.1. The second-order valence-corrected chi connectivity index (χ2v) is 4.79. The molecular formula is C14H14BrN. The summed E-state index contributed by atoms with van der Waals surface area (Å²) < 4.78 is 1.11. The summed E-state index contributed by atoms with van der Waals surface area (Å²) in [6.45, 7) is 0. The van der Waals surface area contributed by atoms with Crippen molar-refractivity contribution >= 4 is 22.0 Å². The zero-order valence-electron chi connectivity index (χ0n) is 8.99. The minimum Gasteiger partial charge on any atom is -0.402 e. The van der Waals surface area contributed by atoms with Gasteiger partial charge in [0.2, 0.25) is 0 Å². The summed E-state index contributed by atoms with van der Waals surface area (Å²) in [7, 11) is 0. The molecule has 0 aliphatic heterocycles. The van der Waals surface area contributed by atoms with Crippen molar-refractivity contribution in [3.63, 3.8) is 0 Å². The summed E-state index contributed by atoms with van der Waals surface area (Å²) >= 11 is 3.46. The van der Waals surface area contributed by atoms with E-state index in [4.69, 9.17) is 5.73 Å². The van der Waals surface area contributed by atoms with Crippen LogP contribution >= 0.6 is 15.9 Å². The lowest BCUT2D eigenvalue weighted by Crippen LogP contribution is -2.00. The van der Waals surface area contributed by atoms with Gasteiger partial charge >= 0.3 is 0 Å². The molecule has 0 saturated heterocycles. The Hall–Kier alpha value is -1.28. The summed E-state index contributed by atoms with van der Waals surface area (Å²) in [5, 5.41) is 0. The zero-order valence-corrected chi connectivity index (χ0v) is 10.6. The van der Waals surface area contributed by atoms with E-state index in [-0.39, 0.29) is 0 Å². The van der Waals surface area contributed by atoms with E-state index < -0.39 is 0 Å². The third kappa shape index (κ3) is 3.11. The van der Waals surface area contributed by atoms with Gasteiger partial charge in [0.1, 0.15) is 0 Å². The number of hydrogen-bond donors (Lipinski definition) is 1. The maximum Gasteiger partial charge on any atom is 0.0181 e. The summed E-state index contributed by atoms with van der Waals surface area (Å²) in [5.41, 5.74) is 9.22. The number of allylic oxidation sites excluding steroid dienone is 5. The zero-order chi connectivity index (χ0) is 11.4. The van der Waals surface area contributed by atoms with E-state index in [1.807, 2.05) is 18.2 Å². The van der Waals surface area contributed by atoms with E-state index in [1.165, 1.54) is 11.1 Å². The van der Waals surface area contributed by atoms with Crippen molar-refractivity contribution in [3.8, 4) is 0 Å². The monoisotopic (exact) mass is 275 g/mol. The van der Waals surface area contributed by atoms with Crippen molar-refractivity contribution in [2.75, 3.05) is 0 Å². The van der Waals surface area contributed by atoms with E-state index in [2.05, 4.69) is 46.3 Å². The van der Waals surface area contributed by atoms with E-state index in [0.29, 0.717) is 0 Å². The van der Waals surface area contributed by atoms with Crippen LogP contribution in [0.4, 0.5) is 0 Å².